The second kappa shape index (κ2) is 2.49. The molecule has 64 valence electrons. The van der Waals surface area contributed by atoms with Crippen molar-refractivity contribution in [2.75, 3.05) is 0 Å². The Morgan fingerprint density at radius 2 is 2.17 bits per heavy atom. The van der Waals surface area contributed by atoms with Crippen LogP contribution in [0.3, 0.4) is 0 Å². The summed E-state index contributed by atoms with van der Waals surface area (Å²) in [6.45, 7) is 1.89. The van der Waals surface area contributed by atoms with Crippen LogP contribution in [0, 0.1) is 6.92 Å². The molecule has 0 radical (unpaired) electrons. The number of aromatic hydroxyl groups is 1. The second-order valence-corrected chi connectivity index (χ2v) is 3.55. The fourth-order valence-electron chi connectivity index (χ4n) is 1.45. The molecule has 2 unspecified atom stereocenters. The first-order valence-corrected chi connectivity index (χ1v) is 4.23. The van der Waals surface area contributed by atoms with Crippen molar-refractivity contribution < 1.29 is 5.11 Å². The molecule has 1 aromatic rings. The summed E-state index contributed by atoms with van der Waals surface area (Å²) in [5.41, 5.74) is 7.80. The van der Waals surface area contributed by atoms with E-state index in [0.29, 0.717) is 17.7 Å². The largest absolute Gasteiger partial charge is 0.508 e. The summed E-state index contributed by atoms with van der Waals surface area (Å²) in [6, 6.07) is 6.13. The van der Waals surface area contributed by atoms with Crippen LogP contribution < -0.4 is 5.73 Å². The van der Waals surface area contributed by atoms with Gasteiger partial charge in [-0.2, -0.15) is 0 Å². The van der Waals surface area contributed by atoms with Gasteiger partial charge in [-0.15, -0.1) is 0 Å². The Morgan fingerprint density at radius 3 is 2.67 bits per heavy atom. The quantitative estimate of drug-likeness (QED) is 0.659. The van der Waals surface area contributed by atoms with E-state index in [1.165, 1.54) is 5.56 Å². The highest BCUT2D eigenvalue weighted by Gasteiger charge is 2.34. The Kier molecular flexibility index (Phi) is 1.58. The first-order valence-electron chi connectivity index (χ1n) is 4.23. The Morgan fingerprint density at radius 1 is 1.50 bits per heavy atom. The third-order valence-electron chi connectivity index (χ3n) is 2.50. The standard InChI is InChI=1S/C10H13NO/c1-6-2-3-7(4-10(6)12)8-5-9(8)11/h2-4,8-9,12H,5,11H2,1H3. The van der Waals surface area contributed by atoms with Gasteiger partial charge in [0, 0.05) is 12.0 Å². The van der Waals surface area contributed by atoms with E-state index in [-0.39, 0.29) is 0 Å². The van der Waals surface area contributed by atoms with Crippen LogP contribution in [0.4, 0.5) is 0 Å². The summed E-state index contributed by atoms with van der Waals surface area (Å²) in [5.74, 6) is 0.864. The smallest absolute Gasteiger partial charge is 0.118 e. The minimum Gasteiger partial charge on any atom is -0.508 e. The predicted octanol–water partition coefficient (Wildman–Crippen LogP) is 1.52. The van der Waals surface area contributed by atoms with Crippen LogP contribution in [0.2, 0.25) is 0 Å². The predicted molar refractivity (Wildman–Crippen MR) is 48.2 cm³/mol. The van der Waals surface area contributed by atoms with Gasteiger partial charge in [-0.3, -0.25) is 0 Å². The summed E-state index contributed by atoms with van der Waals surface area (Å²) in [4.78, 5) is 0. The van der Waals surface area contributed by atoms with Crippen molar-refractivity contribution in [2.24, 2.45) is 5.73 Å². The van der Waals surface area contributed by atoms with Gasteiger partial charge in [-0.05, 0) is 30.5 Å². The molecule has 0 bridgehead atoms. The van der Waals surface area contributed by atoms with Crippen molar-refractivity contribution in [2.45, 2.75) is 25.3 Å². The highest BCUT2D eigenvalue weighted by molar-refractivity contribution is 5.39. The number of rotatable bonds is 1. The molecule has 3 N–H and O–H groups in total. The van der Waals surface area contributed by atoms with Crippen LogP contribution in [0.1, 0.15) is 23.5 Å². The molecule has 1 fully saturated rings. The monoisotopic (exact) mass is 163 g/mol. The molecule has 1 saturated carbocycles. The molecule has 0 spiro atoms. The van der Waals surface area contributed by atoms with Crippen LogP contribution in [-0.2, 0) is 0 Å². The van der Waals surface area contributed by atoms with Gasteiger partial charge in [0.2, 0.25) is 0 Å². The van der Waals surface area contributed by atoms with E-state index in [1.54, 1.807) is 0 Å². The van der Waals surface area contributed by atoms with Crippen molar-refractivity contribution in [3.05, 3.63) is 29.3 Å². The van der Waals surface area contributed by atoms with Gasteiger partial charge in [0.25, 0.3) is 0 Å². The zero-order valence-corrected chi connectivity index (χ0v) is 7.12. The van der Waals surface area contributed by atoms with Crippen molar-refractivity contribution in [1.29, 1.82) is 0 Å². The number of phenolic OH excluding ortho intramolecular Hbond substituents is 1. The molecule has 1 aliphatic rings. The molecule has 2 heteroatoms. The number of benzene rings is 1. The van der Waals surface area contributed by atoms with Crippen LogP contribution in [0.15, 0.2) is 18.2 Å². The SMILES string of the molecule is Cc1ccc(C2CC2N)cc1O. The minimum absolute atomic E-state index is 0.312. The van der Waals surface area contributed by atoms with Crippen LogP contribution in [0.5, 0.6) is 5.75 Å². The van der Waals surface area contributed by atoms with Crippen molar-refractivity contribution in [3.63, 3.8) is 0 Å². The molecule has 2 nitrogen and oxygen atoms in total. The Hall–Kier alpha value is -1.02. The van der Waals surface area contributed by atoms with Gasteiger partial charge in [-0.25, -0.2) is 0 Å². The average Bonchev–Trinajstić information content (AvgIpc) is 2.73. The molecule has 1 aromatic carbocycles. The summed E-state index contributed by atoms with van der Waals surface area (Å²) in [7, 11) is 0. The Bertz CT molecular complexity index is 309. The number of hydrogen-bond donors (Lipinski definition) is 2. The molecular formula is C10H13NO. The van der Waals surface area contributed by atoms with Crippen LogP contribution in [-0.4, -0.2) is 11.1 Å². The molecule has 2 atom stereocenters. The molecule has 2 rings (SSSR count). The molecule has 0 amide bonds. The van der Waals surface area contributed by atoms with E-state index >= 15 is 0 Å². The number of aryl methyl sites for hydroxylation is 1. The van der Waals surface area contributed by atoms with Gasteiger partial charge in [0.05, 0.1) is 0 Å². The number of phenols is 1. The summed E-state index contributed by atoms with van der Waals surface area (Å²) in [5, 5.41) is 9.42. The van der Waals surface area contributed by atoms with Gasteiger partial charge in [0.1, 0.15) is 5.75 Å². The third-order valence-corrected chi connectivity index (χ3v) is 2.50. The zero-order chi connectivity index (χ0) is 8.72. The number of nitrogens with two attached hydrogens (primary N) is 1. The van der Waals surface area contributed by atoms with Crippen molar-refractivity contribution >= 4 is 0 Å². The lowest BCUT2D eigenvalue weighted by Crippen LogP contribution is -2.00. The van der Waals surface area contributed by atoms with Crippen LogP contribution >= 0.6 is 0 Å². The summed E-state index contributed by atoms with van der Waals surface area (Å²) < 4.78 is 0. The summed E-state index contributed by atoms with van der Waals surface area (Å²) >= 11 is 0. The maximum atomic E-state index is 9.42. The molecule has 0 heterocycles. The van der Waals surface area contributed by atoms with Crippen molar-refractivity contribution in [3.8, 4) is 5.75 Å². The first-order chi connectivity index (χ1) is 5.68. The second-order valence-electron chi connectivity index (χ2n) is 3.55. The molecular weight excluding hydrogens is 150 g/mol. The molecule has 12 heavy (non-hydrogen) atoms. The highest BCUT2D eigenvalue weighted by Crippen LogP contribution is 2.40. The maximum absolute atomic E-state index is 9.42. The van der Waals surface area contributed by atoms with E-state index < -0.39 is 0 Å². The minimum atomic E-state index is 0.312. The molecule has 0 saturated heterocycles. The first kappa shape index (κ1) is 7.62. The Balaban J connectivity index is 2.29. The lowest BCUT2D eigenvalue weighted by atomic mass is 10.1. The van der Waals surface area contributed by atoms with E-state index in [4.69, 9.17) is 5.73 Å². The summed E-state index contributed by atoms with van der Waals surface area (Å²) in [6.07, 6.45) is 1.06. The lowest BCUT2D eigenvalue weighted by molar-refractivity contribution is 0.470. The van der Waals surface area contributed by atoms with E-state index in [2.05, 4.69) is 0 Å². The molecule has 0 aromatic heterocycles. The van der Waals surface area contributed by atoms with Crippen LogP contribution in [0.25, 0.3) is 0 Å². The van der Waals surface area contributed by atoms with Gasteiger partial charge in [0.15, 0.2) is 0 Å². The number of hydrogen-bond acceptors (Lipinski definition) is 2. The van der Waals surface area contributed by atoms with Gasteiger partial charge >= 0.3 is 0 Å². The maximum Gasteiger partial charge on any atom is 0.118 e. The average molecular weight is 163 g/mol. The van der Waals surface area contributed by atoms with Gasteiger partial charge in [-0.1, -0.05) is 12.1 Å². The topological polar surface area (TPSA) is 46.2 Å². The fraction of sp³-hybridized carbons (Fsp3) is 0.400. The highest BCUT2D eigenvalue weighted by atomic mass is 16.3. The zero-order valence-electron chi connectivity index (χ0n) is 7.12. The van der Waals surface area contributed by atoms with Crippen molar-refractivity contribution in [1.82, 2.24) is 0 Å². The van der Waals surface area contributed by atoms with E-state index in [1.807, 2.05) is 25.1 Å². The van der Waals surface area contributed by atoms with E-state index in [9.17, 15) is 5.11 Å². The van der Waals surface area contributed by atoms with Gasteiger partial charge < -0.3 is 10.8 Å². The fourth-order valence-corrected chi connectivity index (χ4v) is 1.45. The normalized spacial score (nSPS) is 27.2. The lowest BCUT2D eigenvalue weighted by Gasteiger charge is -2.02. The van der Waals surface area contributed by atoms with E-state index in [0.717, 1.165) is 12.0 Å². The molecule has 0 aliphatic heterocycles. The molecule has 1 aliphatic carbocycles. The Labute approximate surface area is 72.0 Å². The third kappa shape index (κ3) is 1.18.